The fourth-order valence-electron chi connectivity index (χ4n) is 2.20. The van der Waals surface area contributed by atoms with E-state index in [0.29, 0.717) is 27.8 Å². The van der Waals surface area contributed by atoms with Crippen LogP contribution in [-0.2, 0) is 0 Å². The van der Waals surface area contributed by atoms with E-state index in [1.54, 1.807) is 18.2 Å². The van der Waals surface area contributed by atoms with Crippen molar-refractivity contribution in [2.24, 2.45) is 0 Å². The predicted octanol–water partition coefficient (Wildman–Crippen LogP) is 3.18. The summed E-state index contributed by atoms with van der Waals surface area (Å²) in [5.74, 6) is -1.52. The summed E-state index contributed by atoms with van der Waals surface area (Å²) in [6.07, 6.45) is 1.52. The molecular formula is C15H9N3O3. The number of carboxylic acid groups (broad SMARTS) is 1. The van der Waals surface area contributed by atoms with Gasteiger partial charge < -0.3 is 15.2 Å². The zero-order chi connectivity index (χ0) is 15.0. The zero-order valence-corrected chi connectivity index (χ0v) is 10.7. The minimum atomic E-state index is -1.20. The van der Waals surface area contributed by atoms with E-state index >= 15 is 0 Å². The number of aromatic amines is 1. The van der Waals surface area contributed by atoms with Crippen LogP contribution in [0.25, 0.3) is 27.0 Å². The number of hydrogen-bond acceptors (Lipinski definition) is 3. The summed E-state index contributed by atoms with van der Waals surface area (Å²) < 4.78 is 0. The third kappa shape index (κ3) is 2.07. The summed E-state index contributed by atoms with van der Waals surface area (Å²) in [6.45, 7) is 7.13. The maximum Gasteiger partial charge on any atom is 0.339 e. The van der Waals surface area contributed by atoms with Gasteiger partial charge in [0.2, 0.25) is 0 Å². The van der Waals surface area contributed by atoms with Crippen LogP contribution in [-0.4, -0.2) is 26.2 Å². The number of H-pyrrole nitrogens is 1. The number of aromatic nitrogens is 2. The lowest BCUT2D eigenvalue weighted by Crippen LogP contribution is -1.96. The zero-order valence-electron chi connectivity index (χ0n) is 10.7. The highest BCUT2D eigenvalue weighted by molar-refractivity contribution is 5.97. The van der Waals surface area contributed by atoms with Crippen molar-refractivity contribution in [2.75, 3.05) is 0 Å². The first kappa shape index (κ1) is 12.7. The van der Waals surface area contributed by atoms with Crippen LogP contribution in [0.2, 0.25) is 0 Å². The first-order chi connectivity index (χ1) is 10.1. The second-order valence-electron chi connectivity index (χ2n) is 4.44. The van der Waals surface area contributed by atoms with Gasteiger partial charge in [-0.25, -0.2) is 14.6 Å². The normalized spacial score (nSPS) is 10.4. The quantitative estimate of drug-likeness (QED) is 0.628. The van der Waals surface area contributed by atoms with Crippen LogP contribution < -0.4 is 0 Å². The molecule has 0 unspecified atom stereocenters. The number of carboxylic acids is 1. The topological polar surface area (TPSA) is 90.6 Å². The number of hydrogen-bond donors (Lipinski definition) is 3. The Morgan fingerprint density at radius 1 is 1.29 bits per heavy atom. The van der Waals surface area contributed by atoms with Crippen molar-refractivity contribution in [3.05, 3.63) is 53.6 Å². The maximum absolute atomic E-state index is 10.9. The van der Waals surface area contributed by atoms with Crippen LogP contribution in [0, 0.1) is 6.57 Å². The molecule has 0 amide bonds. The van der Waals surface area contributed by atoms with Crippen molar-refractivity contribution in [2.45, 2.75) is 0 Å². The van der Waals surface area contributed by atoms with Crippen molar-refractivity contribution in [3.63, 3.8) is 0 Å². The number of carbonyl (C=O) groups is 1. The molecule has 3 rings (SSSR count). The van der Waals surface area contributed by atoms with Crippen molar-refractivity contribution in [1.29, 1.82) is 0 Å². The van der Waals surface area contributed by atoms with E-state index in [4.69, 9.17) is 11.7 Å². The van der Waals surface area contributed by atoms with Crippen LogP contribution in [0.15, 0.2) is 36.7 Å². The number of fused-ring (bicyclic) bond motifs is 1. The van der Waals surface area contributed by atoms with Gasteiger partial charge >= 0.3 is 5.97 Å². The second-order valence-corrected chi connectivity index (χ2v) is 4.44. The molecule has 21 heavy (non-hydrogen) atoms. The SMILES string of the molecule is [C-]#[N+]c1cc(-c2ccc(C(=O)O)c(O)c2)c2nc[nH]c2c1. The van der Waals surface area contributed by atoms with Crippen LogP contribution in [0.5, 0.6) is 5.75 Å². The lowest BCUT2D eigenvalue weighted by atomic mass is 10.0. The molecule has 0 aliphatic rings. The fraction of sp³-hybridized carbons (Fsp3) is 0. The molecule has 1 heterocycles. The molecule has 6 heteroatoms. The minimum Gasteiger partial charge on any atom is -0.507 e. The molecule has 0 saturated carbocycles. The molecule has 0 spiro atoms. The highest BCUT2D eigenvalue weighted by atomic mass is 16.4. The standard InChI is InChI=1S/C15H9N3O3/c1-16-9-5-11(14-12(6-9)17-7-18-14)8-2-3-10(15(20)21)13(19)4-8/h2-7,19H,(H,17,18)(H,20,21). The Kier molecular flexibility index (Phi) is 2.81. The van der Waals surface area contributed by atoms with Crippen LogP contribution in [0.4, 0.5) is 5.69 Å². The van der Waals surface area contributed by atoms with Crippen molar-refractivity contribution >= 4 is 22.7 Å². The van der Waals surface area contributed by atoms with Gasteiger partial charge in [0.1, 0.15) is 11.3 Å². The first-order valence-electron chi connectivity index (χ1n) is 6.01. The number of nitrogens with zero attached hydrogens (tertiary/aromatic N) is 2. The van der Waals surface area contributed by atoms with Gasteiger partial charge in [0.05, 0.1) is 23.9 Å². The van der Waals surface area contributed by atoms with Crippen LogP contribution in [0.3, 0.4) is 0 Å². The summed E-state index contributed by atoms with van der Waals surface area (Å²) in [4.78, 5) is 21.5. The highest BCUT2D eigenvalue weighted by Gasteiger charge is 2.13. The molecule has 102 valence electrons. The molecule has 0 aliphatic heterocycles. The molecule has 0 fully saturated rings. The molecule has 3 N–H and O–H groups in total. The molecule has 0 aliphatic carbocycles. The van der Waals surface area contributed by atoms with E-state index < -0.39 is 5.97 Å². The number of nitrogens with one attached hydrogen (secondary N) is 1. The van der Waals surface area contributed by atoms with E-state index in [0.717, 1.165) is 0 Å². The summed E-state index contributed by atoms with van der Waals surface area (Å²) in [5, 5.41) is 18.7. The monoisotopic (exact) mass is 279 g/mol. The summed E-state index contributed by atoms with van der Waals surface area (Å²) in [5.41, 5.74) is 2.89. The first-order valence-corrected chi connectivity index (χ1v) is 6.01. The van der Waals surface area contributed by atoms with Gasteiger partial charge in [-0.2, -0.15) is 0 Å². The Hall–Kier alpha value is -3.33. The van der Waals surface area contributed by atoms with E-state index in [1.807, 2.05) is 0 Å². The number of aromatic hydroxyl groups is 1. The Morgan fingerprint density at radius 3 is 2.76 bits per heavy atom. The molecule has 0 atom stereocenters. The molecule has 1 aromatic heterocycles. The molecule has 0 bridgehead atoms. The average molecular weight is 279 g/mol. The number of aromatic carboxylic acids is 1. The lowest BCUT2D eigenvalue weighted by Gasteiger charge is -2.06. The maximum atomic E-state index is 10.9. The number of imidazole rings is 1. The van der Waals surface area contributed by atoms with E-state index in [-0.39, 0.29) is 11.3 Å². The average Bonchev–Trinajstić information content (AvgIpc) is 2.93. The van der Waals surface area contributed by atoms with Gasteiger partial charge in [-0.3, -0.25) is 0 Å². The molecule has 6 nitrogen and oxygen atoms in total. The van der Waals surface area contributed by atoms with Gasteiger partial charge in [-0.15, -0.1) is 0 Å². The lowest BCUT2D eigenvalue weighted by molar-refractivity contribution is 0.0694. The van der Waals surface area contributed by atoms with Gasteiger partial charge in [0.15, 0.2) is 5.69 Å². The molecule has 3 aromatic rings. The van der Waals surface area contributed by atoms with Gasteiger partial charge in [-0.05, 0) is 35.4 Å². The third-order valence-electron chi connectivity index (χ3n) is 3.18. The molecule has 0 saturated heterocycles. The van der Waals surface area contributed by atoms with Gasteiger partial charge in [0, 0.05) is 0 Å². The Labute approximate surface area is 119 Å². The highest BCUT2D eigenvalue weighted by Crippen LogP contribution is 2.34. The van der Waals surface area contributed by atoms with Gasteiger partial charge in [-0.1, -0.05) is 6.07 Å². The number of phenols is 1. The summed E-state index contributed by atoms with van der Waals surface area (Å²) in [7, 11) is 0. The van der Waals surface area contributed by atoms with Crippen LogP contribution in [0.1, 0.15) is 10.4 Å². The third-order valence-corrected chi connectivity index (χ3v) is 3.18. The van der Waals surface area contributed by atoms with Crippen molar-refractivity contribution in [3.8, 4) is 16.9 Å². The smallest absolute Gasteiger partial charge is 0.339 e. The Bertz CT molecular complexity index is 906. The Morgan fingerprint density at radius 2 is 2.10 bits per heavy atom. The fourth-order valence-corrected chi connectivity index (χ4v) is 2.20. The van der Waals surface area contributed by atoms with Gasteiger partial charge in [0.25, 0.3) is 0 Å². The number of benzene rings is 2. The largest absolute Gasteiger partial charge is 0.507 e. The van der Waals surface area contributed by atoms with Crippen molar-refractivity contribution < 1.29 is 15.0 Å². The van der Waals surface area contributed by atoms with E-state index in [1.165, 1.54) is 18.5 Å². The van der Waals surface area contributed by atoms with E-state index in [2.05, 4.69) is 14.8 Å². The second kappa shape index (κ2) is 4.65. The summed E-state index contributed by atoms with van der Waals surface area (Å²) >= 11 is 0. The van der Waals surface area contributed by atoms with E-state index in [9.17, 15) is 9.90 Å². The Balaban J connectivity index is 2.25. The predicted molar refractivity (Wildman–Crippen MR) is 76.4 cm³/mol. The molecular weight excluding hydrogens is 270 g/mol. The minimum absolute atomic E-state index is 0.168. The molecule has 2 aromatic carbocycles. The number of rotatable bonds is 2. The molecule has 0 radical (unpaired) electrons. The van der Waals surface area contributed by atoms with Crippen LogP contribution >= 0.6 is 0 Å². The summed E-state index contributed by atoms with van der Waals surface area (Å²) in [6, 6.07) is 7.62. The van der Waals surface area contributed by atoms with Crippen molar-refractivity contribution in [1.82, 2.24) is 9.97 Å².